The summed E-state index contributed by atoms with van der Waals surface area (Å²) in [6.45, 7) is 3.35. The fourth-order valence-electron chi connectivity index (χ4n) is 2.49. The molecule has 1 nitrogen and oxygen atoms in total. The molecule has 1 aliphatic rings. The van der Waals surface area contributed by atoms with Crippen molar-refractivity contribution in [3.63, 3.8) is 0 Å². The van der Waals surface area contributed by atoms with E-state index in [1.54, 1.807) is 0 Å². The van der Waals surface area contributed by atoms with Crippen LogP contribution in [0.15, 0.2) is 57.2 Å². The van der Waals surface area contributed by atoms with Gasteiger partial charge in [-0.1, -0.05) is 37.2 Å². The molecule has 2 aromatic carbocycles. The molecule has 1 aliphatic heterocycles. The van der Waals surface area contributed by atoms with Crippen LogP contribution in [0.2, 0.25) is 0 Å². The van der Waals surface area contributed by atoms with E-state index in [4.69, 9.17) is 0 Å². The van der Waals surface area contributed by atoms with Crippen molar-refractivity contribution < 1.29 is 0 Å². The number of rotatable bonds is 4. The lowest BCUT2D eigenvalue weighted by atomic mass is 10.2. The lowest BCUT2D eigenvalue weighted by Crippen LogP contribution is -2.21. The zero-order valence-corrected chi connectivity index (χ0v) is 13.6. The lowest BCUT2D eigenvalue weighted by Gasteiger charge is -2.33. The Balaban J connectivity index is 2.06. The van der Waals surface area contributed by atoms with Crippen LogP contribution in [0.3, 0.4) is 0 Å². The Bertz CT molecular complexity index is 610. The molecular formula is C17H19NS2. The maximum absolute atomic E-state index is 2.49. The van der Waals surface area contributed by atoms with E-state index in [1.807, 2.05) is 23.5 Å². The predicted molar refractivity (Wildman–Crippen MR) is 90.7 cm³/mol. The molecule has 2 aromatic rings. The van der Waals surface area contributed by atoms with E-state index in [1.165, 1.54) is 38.9 Å². The fraction of sp³-hybridized carbons (Fsp3) is 0.294. The standard InChI is InChI=1S/C17H19NS2/c1-3-4-11-18-14-7-5-6-8-16(14)20-17-10-9-13(19-2)12-15(17)18/h5-10,12H,3-4,11H2,1-2H3. The van der Waals surface area contributed by atoms with Gasteiger partial charge >= 0.3 is 0 Å². The molecule has 0 aliphatic carbocycles. The van der Waals surface area contributed by atoms with Crippen LogP contribution in [0.5, 0.6) is 0 Å². The second kappa shape index (κ2) is 6.15. The number of benzene rings is 2. The summed E-state index contributed by atoms with van der Waals surface area (Å²) in [7, 11) is 0. The number of unbranched alkanes of at least 4 members (excludes halogenated alkanes) is 1. The Kier molecular flexibility index (Phi) is 4.27. The molecule has 0 spiro atoms. The van der Waals surface area contributed by atoms with Gasteiger partial charge in [-0.25, -0.2) is 0 Å². The third kappa shape index (κ3) is 2.57. The molecule has 1 heterocycles. The van der Waals surface area contributed by atoms with Crippen molar-refractivity contribution in [2.75, 3.05) is 17.7 Å². The van der Waals surface area contributed by atoms with E-state index in [0.717, 1.165) is 6.54 Å². The van der Waals surface area contributed by atoms with E-state index in [9.17, 15) is 0 Å². The number of hydrogen-bond acceptors (Lipinski definition) is 3. The van der Waals surface area contributed by atoms with Crippen LogP contribution in [0.25, 0.3) is 0 Å². The number of fused-ring (bicyclic) bond motifs is 2. The van der Waals surface area contributed by atoms with Gasteiger partial charge in [-0.2, -0.15) is 0 Å². The Morgan fingerprint density at radius 1 is 1.05 bits per heavy atom. The van der Waals surface area contributed by atoms with Crippen molar-refractivity contribution in [2.45, 2.75) is 34.5 Å². The summed E-state index contributed by atoms with van der Waals surface area (Å²) in [6.07, 6.45) is 4.59. The highest BCUT2D eigenvalue weighted by atomic mass is 32.2. The fourth-order valence-corrected chi connectivity index (χ4v) is 4.00. The van der Waals surface area contributed by atoms with Crippen molar-refractivity contribution in [3.05, 3.63) is 42.5 Å². The molecule has 0 radical (unpaired) electrons. The Morgan fingerprint density at radius 2 is 1.85 bits per heavy atom. The molecule has 0 bridgehead atoms. The third-order valence-electron chi connectivity index (χ3n) is 3.57. The molecule has 0 fully saturated rings. The van der Waals surface area contributed by atoms with E-state index < -0.39 is 0 Å². The molecule has 0 atom stereocenters. The van der Waals surface area contributed by atoms with E-state index >= 15 is 0 Å². The predicted octanol–water partition coefficient (Wildman–Crippen LogP) is 5.81. The molecule has 20 heavy (non-hydrogen) atoms. The molecular weight excluding hydrogens is 282 g/mol. The van der Waals surface area contributed by atoms with Crippen LogP contribution < -0.4 is 4.90 Å². The third-order valence-corrected chi connectivity index (χ3v) is 5.42. The van der Waals surface area contributed by atoms with Crippen molar-refractivity contribution in [1.82, 2.24) is 0 Å². The highest BCUT2D eigenvalue weighted by Gasteiger charge is 2.22. The van der Waals surface area contributed by atoms with Crippen molar-refractivity contribution >= 4 is 34.9 Å². The summed E-state index contributed by atoms with van der Waals surface area (Å²) in [6, 6.07) is 15.6. The van der Waals surface area contributed by atoms with E-state index in [-0.39, 0.29) is 0 Å². The van der Waals surface area contributed by atoms with Gasteiger partial charge < -0.3 is 4.90 Å². The van der Waals surface area contributed by atoms with Gasteiger partial charge in [0.25, 0.3) is 0 Å². The molecule has 0 aromatic heterocycles. The van der Waals surface area contributed by atoms with Crippen molar-refractivity contribution in [2.24, 2.45) is 0 Å². The topological polar surface area (TPSA) is 3.24 Å². The van der Waals surface area contributed by atoms with Crippen molar-refractivity contribution in [3.8, 4) is 0 Å². The summed E-state index contributed by atoms with van der Waals surface area (Å²) >= 11 is 3.70. The molecule has 104 valence electrons. The quantitative estimate of drug-likeness (QED) is 0.656. The average molecular weight is 301 g/mol. The van der Waals surface area contributed by atoms with Gasteiger partial charge in [0.1, 0.15) is 0 Å². The van der Waals surface area contributed by atoms with Gasteiger partial charge in [-0.15, -0.1) is 11.8 Å². The largest absolute Gasteiger partial charge is 0.340 e. The molecule has 0 N–H and O–H groups in total. The molecule has 0 unspecified atom stereocenters. The summed E-state index contributed by atoms with van der Waals surface area (Å²) in [5.74, 6) is 0. The smallest absolute Gasteiger partial charge is 0.0564 e. The Morgan fingerprint density at radius 3 is 2.65 bits per heavy atom. The van der Waals surface area contributed by atoms with Crippen LogP contribution in [0.4, 0.5) is 11.4 Å². The first-order valence-electron chi connectivity index (χ1n) is 7.06. The zero-order chi connectivity index (χ0) is 13.9. The second-order valence-electron chi connectivity index (χ2n) is 4.91. The SMILES string of the molecule is CCCCN1c2ccccc2Sc2ccc(SC)cc21. The van der Waals surface area contributed by atoms with Crippen LogP contribution in [0, 0.1) is 0 Å². The van der Waals surface area contributed by atoms with Gasteiger partial charge in [-0.05, 0) is 43.0 Å². The minimum atomic E-state index is 1.10. The molecule has 3 rings (SSSR count). The summed E-state index contributed by atoms with van der Waals surface area (Å²) in [4.78, 5) is 6.57. The van der Waals surface area contributed by atoms with E-state index in [0.29, 0.717) is 0 Å². The first kappa shape index (κ1) is 13.9. The number of hydrogen-bond donors (Lipinski definition) is 0. The van der Waals surface area contributed by atoms with Crippen molar-refractivity contribution in [1.29, 1.82) is 0 Å². The number of thioether (sulfide) groups is 1. The summed E-state index contributed by atoms with van der Waals surface area (Å²) < 4.78 is 0. The number of para-hydroxylation sites is 1. The van der Waals surface area contributed by atoms with Crippen LogP contribution in [-0.2, 0) is 0 Å². The normalized spacial score (nSPS) is 13.0. The minimum absolute atomic E-state index is 1.10. The maximum Gasteiger partial charge on any atom is 0.0564 e. The van der Waals surface area contributed by atoms with Crippen LogP contribution in [0.1, 0.15) is 19.8 Å². The van der Waals surface area contributed by atoms with Gasteiger partial charge in [0.05, 0.1) is 11.4 Å². The van der Waals surface area contributed by atoms with Crippen LogP contribution >= 0.6 is 23.5 Å². The summed E-state index contributed by atoms with van der Waals surface area (Å²) in [5, 5.41) is 0. The average Bonchev–Trinajstić information content (AvgIpc) is 2.51. The second-order valence-corrected chi connectivity index (χ2v) is 6.87. The number of anilines is 2. The summed E-state index contributed by atoms with van der Waals surface area (Å²) in [5.41, 5.74) is 2.73. The molecule has 0 amide bonds. The van der Waals surface area contributed by atoms with Gasteiger partial charge in [0.2, 0.25) is 0 Å². The number of nitrogens with zero attached hydrogens (tertiary/aromatic N) is 1. The molecule has 0 saturated carbocycles. The Labute approximate surface area is 129 Å². The van der Waals surface area contributed by atoms with E-state index in [2.05, 4.69) is 60.5 Å². The monoisotopic (exact) mass is 301 g/mol. The van der Waals surface area contributed by atoms with Gasteiger partial charge in [0, 0.05) is 21.2 Å². The first-order valence-corrected chi connectivity index (χ1v) is 9.10. The van der Waals surface area contributed by atoms with Gasteiger partial charge in [-0.3, -0.25) is 0 Å². The highest BCUT2D eigenvalue weighted by molar-refractivity contribution is 8.00. The minimum Gasteiger partial charge on any atom is -0.340 e. The Hall–Kier alpha value is -1.06. The first-order chi connectivity index (χ1) is 9.83. The maximum atomic E-state index is 2.49. The van der Waals surface area contributed by atoms with Crippen LogP contribution in [-0.4, -0.2) is 12.8 Å². The highest BCUT2D eigenvalue weighted by Crippen LogP contribution is 2.48. The lowest BCUT2D eigenvalue weighted by molar-refractivity contribution is 0.776. The molecule has 3 heteroatoms. The van der Waals surface area contributed by atoms with Gasteiger partial charge in [0.15, 0.2) is 0 Å². The zero-order valence-electron chi connectivity index (χ0n) is 11.9. The molecule has 0 saturated heterocycles.